The Hall–Kier alpha value is -4.96. The second kappa shape index (κ2) is 10.5. The Kier molecular flexibility index (Phi) is 6.76. The molecule has 0 radical (unpaired) electrons. The maximum absolute atomic E-state index is 13.6. The van der Waals surface area contributed by atoms with Gasteiger partial charge in [0.15, 0.2) is 11.5 Å². The van der Waals surface area contributed by atoms with E-state index in [1.54, 1.807) is 66.7 Å². The minimum Gasteiger partial charge on any atom is -0.457 e. The van der Waals surface area contributed by atoms with Crippen molar-refractivity contribution in [2.75, 3.05) is 5.32 Å². The Morgan fingerprint density at radius 1 is 0.902 bits per heavy atom. The second-order valence-corrected chi connectivity index (χ2v) is 9.53. The van der Waals surface area contributed by atoms with E-state index in [4.69, 9.17) is 16.3 Å². The van der Waals surface area contributed by atoms with Crippen LogP contribution >= 0.6 is 11.6 Å². The van der Waals surface area contributed by atoms with Gasteiger partial charge in [0.1, 0.15) is 17.3 Å². The number of fused-ring (bicyclic) bond motifs is 1. The molecule has 1 aliphatic rings. The fourth-order valence-corrected chi connectivity index (χ4v) is 4.36. The van der Waals surface area contributed by atoms with E-state index in [-0.39, 0.29) is 17.3 Å². The lowest BCUT2D eigenvalue weighted by molar-refractivity contribution is -0.286. The average Bonchev–Trinajstić information content (AvgIpc) is 3.51. The van der Waals surface area contributed by atoms with Crippen LogP contribution in [0, 0.1) is 5.82 Å². The number of rotatable bonds is 6. The summed E-state index contributed by atoms with van der Waals surface area (Å²) in [5, 5.41) is 7.81. The first-order chi connectivity index (χ1) is 19.7. The van der Waals surface area contributed by atoms with Gasteiger partial charge in [-0.1, -0.05) is 23.7 Å². The number of alkyl halides is 2. The molecule has 0 unspecified atom stereocenters. The third-order valence-corrected chi connectivity index (χ3v) is 6.39. The van der Waals surface area contributed by atoms with Crippen LogP contribution in [0.5, 0.6) is 23.0 Å². The Morgan fingerprint density at radius 2 is 1.56 bits per heavy atom. The van der Waals surface area contributed by atoms with Crippen LogP contribution in [0.1, 0.15) is 11.1 Å². The first kappa shape index (κ1) is 26.3. The van der Waals surface area contributed by atoms with Crippen molar-refractivity contribution in [1.82, 2.24) is 9.78 Å². The smallest absolute Gasteiger partial charge is 0.457 e. The highest BCUT2D eigenvalue weighted by atomic mass is 35.5. The third-order valence-electron chi connectivity index (χ3n) is 6.14. The van der Waals surface area contributed by atoms with E-state index in [1.165, 1.54) is 30.5 Å². The van der Waals surface area contributed by atoms with Gasteiger partial charge in [-0.15, -0.1) is 8.78 Å². The number of carbonyl (C=O) groups excluding carboxylic acids is 1. The SMILES string of the molecule is O=C(Nc1ccc(Oc2ccc(Cl)cc2)cc1)n1cc(Cc2ccc(F)cc2)c(-c2ccc3c(c2)OC(F)(F)O3)n1. The molecule has 11 heteroatoms. The number of carbonyl (C=O) groups is 1. The molecule has 0 aliphatic carbocycles. The van der Waals surface area contributed by atoms with Gasteiger partial charge >= 0.3 is 12.3 Å². The number of amides is 1. The Morgan fingerprint density at radius 3 is 2.27 bits per heavy atom. The first-order valence-corrected chi connectivity index (χ1v) is 12.7. The molecule has 0 saturated heterocycles. The van der Waals surface area contributed by atoms with E-state index in [9.17, 15) is 18.0 Å². The van der Waals surface area contributed by atoms with Crippen molar-refractivity contribution in [3.63, 3.8) is 0 Å². The fourth-order valence-electron chi connectivity index (χ4n) is 4.23. The number of hydrogen-bond donors (Lipinski definition) is 1. The molecule has 41 heavy (non-hydrogen) atoms. The Labute approximate surface area is 236 Å². The lowest BCUT2D eigenvalue weighted by Crippen LogP contribution is -2.25. The highest BCUT2D eigenvalue weighted by molar-refractivity contribution is 6.30. The van der Waals surface area contributed by atoms with Gasteiger partial charge in [0.25, 0.3) is 0 Å². The van der Waals surface area contributed by atoms with E-state index in [0.717, 1.165) is 10.2 Å². The quantitative estimate of drug-likeness (QED) is 0.220. The summed E-state index contributed by atoms with van der Waals surface area (Å²) in [5.74, 6) is 0.516. The van der Waals surface area contributed by atoms with Crippen LogP contribution in [0.25, 0.3) is 11.3 Å². The highest BCUT2D eigenvalue weighted by Gasteiger charge is 2.43. The van der Waals surface area contributed by atoms with E-state index in [1.807, 2.05) is 0 Å². The molecule has 0 bridgehead atoms. The summed E-state index contributed by atoms with van der Waals surface area (Å²) in [7, 11) is 0. The molecule has 0 spiro atoms. The van der Waals surface area contributed by atoms with Crippen LogP contribution < -0.4 is 19.5 Å². The van der Waals surface area contributed by atoms with Crippen LogP contribution in [0.3, 0.4) is 0 Å². The molecule has 1 N–H and O–H groups in total. The molecule has 0 atom stereocenters. The lowest BCUT2D eigenvalue weighted by atomic mass is 10.0. The van der Waals surface area contributed by atoms with Gasteiger partial charge in [-0.3, -0.25) is 0 Å². The van der Waals surface area contributed by atoms with Crippen molar-refractivity contribution in [3.8, 4) is 34.3 Å². The first-order valence-electron chi connectivity index (χ1n) is 12.3. The number of nitrogens with one attached hydrogen (secondary N) is 1. The van der Waals surface area contributed by atoms with Gasteiger partial charge in [0.2, 0.25) is 0 Å². The van der Waals surface area contributed by atoms with E-state index in [0.29, 0.717) is 45.5 Å². The van der Waals surface area contributed by atoms with Crippen molar-refractivity contribution >= 4 is 23.3 Å². The highest BCUT2D eigenvalue weighted by Crippen LogP contribution is 2.43. The van der Waals surface area contributed by atoms with E-state index < -0.39 is 12.3 Å². The molecular formula is C30H19ClF3N3O4. The minimum atomic E-state index is -3.77. The predicted octanol–water partition coefficient (Wildman–Crippen LogP) is 8.13. The summed E-state index contributed by atoms with van der Waals surface area (Å²) in [6.07, 6.45) is -1.94. The van der Waals surface area contributed by atoms with Crippen molar-refractivity contribution in [2.24, 2.45) is 0 Å². The number of nitrogens with zero attached hydrogens (tertiary/aromatic N) is 2. The summed E-state index contributed by atoms with van der Waals surface area (Å²) in [4.78, 5) is 13.1. The molecule has 7 nitrogen and oxygen atoms in total. The standard InChI is InChI=1S/C30H19ClF3N3O4/c31-21-4-10-24(11-5-21)39-25-12-8-23(9-13-25)35-29(38)37-17-20(15-18-1-6-22(32)7-2-18)28(36-37)19-3-14-26-27(16-19)41-30(33,34)40-26/h1-14,16-17H,15H2,(H,35,38). The monoisotopic (exact) mass is 577 g/mol. The minimum absolute atomic E-state index is 0.112. The third kappa shape index (κ3) is 5.97. The number of ether oxygens (including phenoxy) is 3. The van der Waals surface area contributed by atoms with Gasteiger partial charge in [-0.05, 0) is 84.4 Å². The normalized spacial score (nSPS) is 13.2. The molecule has 2 heterocycles. The largest absolute Gasteiger partial charge is 0.586 e. The van der Waals surface area contributed by atoms with Gasteiger partial charge in [0, 0.05) is 34.5 Å². The molecule has 0 fully saturated rings. The Balaban J connectivity index is 1.24. The topological polar surface area (TPSA) is 74.6 Å². The zero-order valence-corrected chi connectivity index (χ0v) is 21.7. The van der Waals surface area contributed by atoms with Gasteiger partial charge in [0.05, 0.1) is 5.69 Å². The lowest BCUT2D eigenvalue weighted by Gasteiger charge is -2.08. The molecule has 1 amide bonds. The molecule has 4 aromatic carbocycles. The van der Waals surface area contributed by atoms with Crippen molar-refractivity contribution < 1.29 is 32.2 Å². The van der Waals surface area contributed by atoms with E-state index in [2.05, 4.69) is 19.9 Å². The summed E-state index contributed by atoms with van der Waals surface area (Å²) in [6, 6.07) is 23.2. The summed E-state index contributed by atoms with van der Waals surface area (Å²) in [6.45, 7) is 0. The molecule has 6 rings (SSSR count). The van der Waals surface area contributed by atoms with Crippen LogP contribution in [-0.4, -0.2) is 22.1 Å². The second-order valence-electron chi connectivity index (χ2n) is 9.09. The zero-order chi connectivity index (χ0) is 28.6. The predicted molar refractivity (Wildman–Crippen MR) is 145 cm³/mol. The number of hydrogen-bond acceptors (Lipinski definition) is 5. The van der Waals surface area contributed by atoms with Gasteiger partial charge in [-0.2, -0.15) is 9.78 Å². The van der Waals surface area contributed by atoms with Crippen LogP contribution in [0.2, 0.25) is 5.02 Å². The van der Waals surface area contributed by atoms with Gasteiger partial charge in [-0.25, -0.2) is 9.18 Å². The Bertz CT molecular complexity index is 1720. The van der Waals surface area contributed by atoms with Crippen LogP contribution in [0.4, 0.5) is 23.7 Å². The molecule has 1 aromatic heterocycles. The summed E-state index contributed by atoms with van der Waals surface area (Å²) < 4.78 is 56.6. The number of halogens is 4. The summed E-state index contributed by atoms with van der Waals surface area (Å²) in [5.41, 5.74) is 2.64. The van der Waals surface area contributed by atoms with Crippen LogP contribution in [0.15, 0.2) is 97.2 Å². The molecule has 1 aliphatic heterocycles. The van der Waals surface area contributed by atoms with Crippen molar-refractivity contribution in [3.05, 3.63) is 119 Å². The molecular weight excluding hydrogens is 559 g/mol. The van der Waals surface area contributed by atoms with E-state index >= 15 is 0 Å². The van der Waals surface area contributed by atoms with Crippen molar-refractivity contribution in [2.45, 2.75) is 12.7 Å². The van der Waals surface area contributed by atoms with Gasteiger partial charge < -0.3 is 19.5 Å². The molecule has 5 aromatic rings. The molecule has 0 saturated carbocycles. The maximum Gasteiger partial charge on any atom is 0.586 e. The van der Waals surface area contributed by atoms with Crippen LogP contribution in [-0.2, 0) is 6.42 Å². The summed E-state index contributed by atoms with van der Waals surface area (Å²) >= 11 is 5.90. The molecule has 206 valence electrons. The number of anilines is 1. The zero-order valence-electron chi connectivity index (χ0n) is 21.0. The maximum atomic E-state index is 13.6. The average molecular weight is 578 g/mol. The fraction of sp³-hybridized carbons (Fsp3) is 0.0667. The number of aromatic nitrogens is 2. The van der Waals surface area contributed by atoms with Crippen molar-refractivity contribution in [1.29, 1.82) is 0 Å². The number of benzene rings is 4.